The predicted molar refractivity (Wildman–Crippen MR) is 77.5 cm³/mol. The van der Waals surface area contributed by atoms with E-state index < -0.39 is 0 Å². The van der Waals surface area contributed by atoms with E-state index in [9.17, 15) is 4.79 Å². The molecule has 1 heterocycles. The molecule has 0 fully saturated rings. The van der Waals surface area contributed by atoms with Crippen molar-refractivity contribution in [1.82, 2.24) is 9.97 Å². The van der Waals surface area contributed by atoms with Gasteiger partial charge in [-0.3, -0.25) is 4.79 Å². The zero-order valence-corrected chi connectivity index (χ0v) is 12.1. The predicted octanol–water partition coefficient (Wildman–Crippen LogP) is 2.32. The van der Waals surface area contributed by atoms with E-state index >= 15 is 0 Å². The molecule has 0 atom stereocenters. The summed E-state index contributed by atoms with van der Waals surface area (Å²) in [4.78, 5) is 19.2. The van der Waals surface area contributed by atoms with Crippen molar-refractivity contribution in [3.8, 4) is 22.9 Å². The highest BCUT2D eigenvalue weighted by Gasteiger charge is 2.10. The fourth-order valence-electron chi connectivity index (χ4n) is 2.00. The number of aryl methyl sites for hydroxylation is 1. The van der Waals surface area contributed by atoms with Gasteiger partial charge in [-0.15, -0.1) is 0 Å². The fourth-order valence-corrected chi connectivity index (χ4v) is 2.00. The Labute approximate surface area is 117 Å². The third kappa shape index (κ3) is 2.66. The summed E-state index contributed by atoms with van der Waals surface area (Å²) in [5.41, 5.74) is 2.10. The van der Waals surface area contributed by atoms with Crippen LogP contribution in [0.2, 0.25) is 0 Å². The molecule has 0 radical (unpaired) electrons. The van der Waals surface area contributed by atoms with Crippen LogP contribution < -0.4 is 15.0 Å². The molecule has 2 aromatic rings. The molecule has 0 unspecified atom stereocenters. The SMILES string of the molecule is CCc1nc(-c2cc(OC)cc(OC)c2)[nH]c(=O)c1C. The number of aromatic nitrogens is 2. The van der Waals surface area contributed by atoms with E-state index in [1.807, 2.05) is 19.1 Å². The van der Waals surface area contributed by atoms with E-state index in [1.54, 1.807) is 27.2 Å². The lowest BCUT2D eigenvalue weighted by Crippen LogP contribution is -2.15. The van der Waals surface area contributed by atoms with Gasteiger partial charge in [0.15, 0.2) is 0 Å². The Balaban J connectivity index is 2.61. The molecule has 5 heteroatoms. The standard InChI is InChI=1S/C15H18N2O3/c1-5-13-9(2)15(18)17-14(16-13)10-6-11(19-3)8-12(7-10)20-4/h6-8H,5H2,1-4H3,(H,16,17,18). The van der Waals surface area contributed by atoms with Crippen LogP contribution in [-0.2, 0) is 6.42 Å². The molecule has 0 bridgehead atoms. The zero-order chi connectivity index (χ0) is 14.7. The second-order valence-corrected chi connectivity index (χ2v) is 4.44. The van der Waals surface area contributed by atoms with Crippen LogP contribution in [-0.4, -0.2) is 24.2 Å². The van der Waals surface area contributed by atoms with Gasteiger partial charge >= 0.3 is 0 Å². The highest BCUT2D eigenvalue weighted by atomic mass is 16.5. The largest absolute Gasteiger partial charge is 0.497 e. The van der Waals surface area contributed by atoms with Gasteiger partial charge in [-0.1, -0.05) is 6.92 Å². The molecule has 2 rings (SSSR count). The molecule has 106 valence electrons. The van der Waals surface area contributed by atoms with Crippen molar-refractivity contribution in [2.75, 3.05) is 14.2 Å². The molecule has 0 amide bonds. The van der Waals surface area contributed by atoms with Crippen LogP contribution in [0, 0.1) is 6.92 Å². The number of aromatic amines is 1. The molecule has 1 N–H and O–H groups in total. The van der Waals surface area contributed by atoms with Gasteiger partial charge in [0, 0.05) is 17.2 Å². The lowest BCUT2D eigenvalue weighted by atomic mass is 10.1. The summed E-state index contributed by atoms with van der Waals surface area (Å²) >= 11 is 0. The van der Waals surface area contributed by atoms with Gasteiger partial charge in [0.1, 0.15) is 17.3 Å². The molecule has 0 aliphatic rings. The maximum Gasteiger partial charge on any atom is 0.254 e. The van der Waals surface area contributed by atoms with Crippen molar-refractivity contribution in [3.63, 3.8) is 0 Å². The molecule has 1 aromatic carbocycles. The summed E-state index contributed by atoms with van der Waals surface area (Å²) in [6.45, 7) is 3.76. The number of rotatable bonds is 4. The third-order valence-electron chi connectivity index (χ3n) is 3.21. The Morgan fingerprint density at radius 3 is 2.25 bits per heavy atom. The number of methoxy groups -OCH3 is 2. The average Bonchev–Trinajstić information content (AvgIpc) is 2.49. The summed E-state index contributed by atoms with van der Waals surface area (Å²) in [6.07, 6.45) is 0.712. The number of benzene rings is 1. The monoisotopic (exact) mass is 274 g/mol. The molecule has 0 aliphatic carbocycles. The first-order chi connectivity index (χ1) is 9.58. The van der Waals surface area contributed by atoms with Crippen LogP contribution in [0.5, 0.6) is 11.5 Å². The van der Waals surface area contributed by atoms with Gasteiger partial charge in [0.05, 0.1) is 19.9 Å². The number of nitrogens with zero attached hydrogens (tertiary/aromatic N) is 1. The van der Waals surface area contributed by atoms with Crippen molar-refractivity contribution in [2.24, 2.45) is 0 Å². The zero-order valence-electron chi connectivity index (χ0n) is 12.1. The summed E-state index contributed by atoms with van der Waals surface area (Å²) in [5, 5.41) is 0. The number of ether oxygens (including phenoxy) is 2. The first kappa shape index (κ1) is 14.1. The normalized spacial score (nSPS) is 10.4. The lowest BCUT2D eigenvalue weighted by molar-refractivity contribution is 0.394. The van der Waals surface area contributed by atoms with Crippen molar-refractivity contribution in [1.29, 1.82) is 0 Å². The maximum absolute atomic E-state index is 11.9. The van der Waals surface area contributed by atoms with Crippen LogP contribution in [0.25, 0.3) is 11.4 Å². The number of hydrogen-bond donors (Lipinski definition) is 1. The van der Waals surface area contributed by atoms with Gasteiger partial charge in [0.2, 0.25) is 0 Å². The van der Waals surface area contributed by atoms with Crippen molar-refractivity contribution in [2.45, 2.75) is 20.3 Å². The Morgan fingerprint density at radius 2 is 1.75 bits per heavy atom. The van der Waals surface area contributed by atoms with Gasteiger partial charge < -0.3 is 14.5 Å². The van der Waals surface area contributed by atoms with E-state index in [2.05, 4.69) is 9.97 Å². The quantitative estimate of drug-likeness (QED) is 0.929. The molecule has 1 aromatic heterocycles. The Morgan fingerprint density at radius 1 is 1.15 bits per heavy atom. The molecule has 0 spiro atoms. The maximum atomic E-state index is 11.9. The molecule has 0 saturated carbocycles. The van der Waals surface area contributed by atoms with E-state index in [1.165, 1.54) is 0 Å². The minimum atomic E-state index is -0.117. The van der Waals surface area contributed by atoms with Crippen LogP contribution in [0.1, 0.15) is 18.2 Å². The first-order valence-electron chi connectivity index (χ1n) is 6.42. The summed E-state index contributed by atoms with van der Waals surface area (Å²) in [7, 11) is 3.17. The van der Waals surface area contributed by atoms with Crippen LogP contribution >= 0.6 is 0 Å². The lowest BCUT2D eigenvalue weighted by Gasteiger charge is -2.09. The topological polar surface area (TPSA) is 64.2 Å². The fraction of sp³-hybridized carbons (Fsp3) is 0.333. The summed E-state index contributed by atoms with van der Waals surface area (Å²) in [6, 6.07) is 5.40. The van der Waals surface area contributed by atoms with Crippen LogP contribution in [0.3, 0.4) is 0 Å². The molecule has 0 saturated heterocycles. The molecular weight excluding hydrogens is 256 g/mol. The van der Waals surface area contributed by atoms with Gasteiger partial charge in [-0.05, 0) is 25.5 Å². The Hall–Kier alpha value is -2.30. The van der Waals surface area contributed by atoms with Gasteiger partial charge in [-0.2, -0.15) is 0 Å². The van der Waals surface area contributed by atoms with E-state index in [0.29, 0.717) is 29.3 Å². The molecule has 20 heavy (non-hydrogen) atoms. The minimum absolute atomic E-state index is 0.117. The number of nitrogens with one attached hydrogen (secondary N) is 1. The van der Waals surface area contributed by atoms with E-state index in [0.717, 1.165) is 11.3 Å². The van der Waals surface area contributed by atoms with Gasteiger partial charge in [0.25, 0.3) is 5.56 Å². The highest BCUT2D eigenvalue weighted by molar-refractivity contribution is 5.61. The molecule has 5 nitrogen and oxygen atoms in total. The van der Waals surface area contributed by atoms with Crippen LogP contribution in [0.15, 0.2) is 23.0 Å². The summed E-state index contributed by atoms with van der Waals surface area (Å²) in [5.74, 6) is 1.83. The molecule has 0 aliphatic heterocycles. The number of H-pyrrole nitrogens is 1. The summed E-state index contributed by atoms with van der Waals surface area (Å²) < 4.78 is 10.5. The van der Waals surface area contributed by atoms with E-state index in [-0.39, 0.29) is 5.56 Å². The smallest absolute Gasteiger partial charge is 0.254 e. The molecular formula is C15H18N2O3. The second-order valence-electron chi connectivity index (χ2n) is 4.44. The second kappa shape index (κ2) is 5.77. The highest BCUT2D eigenvalue weighted by Crippen LogP contribution is 2.27. The van der Waals surface area contributed by atoms with Crippen LogP contribution in [0.4, 0.5) is 0 Å². The Kier molecular flexibility index (Phi) is 4.08. The first-order valence-corrected chi connectivity index (χ1v) is 6.42. The van der Waals surface area contributed by atoms with Crippen molar-refractivity contribution in [3.05, 3.63) is 39.8 Å². The van der Waals surface area contributed by atoms with E-state index in [4.69, 9.17) is 9.47 Å². The average molecular weight is 274 g/mol. The van der Waals surface area contributed by atoms with Crippen molar-refractivity contribution >= 4 is 0 Å². The van der Waals surface area contributed by atoms with Gasteiger partial charge in [-0.25, -0.2) is 4.98 Å². The minimum Gasteiger partial charge on any atom is -0.497 e. The Bertz CT molecular complexity index is 655. The number of hydrogen-bond acceptors (Lipinski definition) is 4. The third-order valence-corrected chi connectivity index (χ3v) is 3.21. The van der Waals surface area contributed by atoms with Crippen molar-refractivity contribution < 1.29 is 9.47 Å².